The Kier molecular flexibility index (Phi) is 7.01. The number of hydrogen-bond acceptors (Lipinski definition) is 6. The van der Waals surface area contributed by atoms with Crippen LogP contribution in [0.5, 0.6) is 0 Å². The van der Waals surface area contributed by atoms with Crippen molar-refractivity contribution in [3.8, 4) is 0 Å². The zero-order valence-electron chi connectivity index (χ0n) is 14.4. The average molecular weight is 425 g/mol. The molecule has 1 heterocycles. The number of nitrogens with zero attached hydrogens (tertiary/aromatic N) is 5. The first-order chi connectivity index (χ1) is 11.9. The number of carbonyl (C=O) groups excluding carboxylic acids is 1. The molecule has 1 aliphatic heterocycles. The second-order valence-electron chi connectivity index (χ2n) is 5.61. The first-order valence-corrected chi connectivity index (χ1v) is 9.54. The van der Waals surface area contributed by atoms with E-state index in [-0.39, 0.29) is 5.91 Å². The minimum absolute atomic E-state index is 0.161. The first kappa shape index (κ1) is 19.5. The lowest BCUT2D eigenvalue weighted by molar-refractivity contribution is -0.114. The highest BCUT2D eigenvalue weighted by atomic mass is 79.9. The fourth-order valence-corrected chi connectivity index (χ4v) is 3.21. The molecule has 0 atom stereocenters. The Morgan fingerprint density at radius 2 is 2.36 bits per heavy atom. The Bertz CT molecular complexity index is 706. The van der Waals surface area contributed by atoms with Gasteiger partial charge in [-0.1, -0.05) is 17.8 Å². The molecule has 1 aromatic rings. The fraction of sp³-hybridized carbons (Fsp3) is 0.375. The largest absolute Gasteiger partial charge is 0.365 e. The van der Waals surface area contributed by atoms with Crippen LogP contribution in [0.4, 0.5) is 17.1 Å². The van der Waals surface area contributed by atoms with Gasteiger partial charge >= 0.3 is 0 Å². The van der Waals surface area contributed by atoms with Gasteiger partial charge in [-0.05, 0) is 53.2 Å². The Hall–Kier alpha value is -1.87. The van der Waals surface area contributed by atoms with Crippen molar-refractivity contribution in [2.75, 3.05) is 22.6 Å². The maximum Gasteiger partial charge on any atom is 0.221 e. The Balaban J connectivity index is 2.31. The van der Waals surface area contributed by atoms with Gasteiger partial charge in [0, 0.05) is 25.2 Å². The van der Waals surface area contributed by atoms with Crippen molar-refractivity contribution < 1.29 is 4.79 Å². The van der Waals surface area contributed by atoms with Crippen LogP contribution in [0.15, 0.2) is 46.3 Å². The molecule has 1 N–H and O–H groups in total. The molecule has 0 spiro atoms. The molecule has 9 heteroatoms. The normalized spacial score (nSPS) is 14.1. The van der Waals surface area contributed by atoms with Gasteiger partial charge in [0.05, 0.1) is 5.69 Å². The van der Waals surface area contributed by atoms with Crippen molar-refractivity contribution in [1.29, 1.82) is 0 Å². The SMILES string of the molecule is C=CCN(c1ccc(N=NN2CSC(Br)=N2)c(NC(C)=O)c1)C(C)C. The quantitative estimate of drug-likeness (QED) is 0.507. The van der Waals surface area contributed by atoms with E-state index in [0.29, 0.717) is 29.8 Å². The lowest BCUT2D eigenvalue weighted by Crippen LogP contribution is -2.30. The maximum atomic E-state index is 11.6. The molecule has 0 unspecified atom stereocenters. The number of hydrogen-bond donors (Lipinski definition) is 1. The summed E-state index contributed by atoms with van der Waals surface area (Å²) in [7, 11) is 0. The number of carbonyl (C=O) groups is 1. The Labute approximate surface area is 160 Å². The summed E-state index contributed by atoms with van der Waals surface area (Å²) in [5.41, 5.74) is 2.16. The second kappa shape index (κ2) is 9.00. The molecular weight excluding hydrogens is 404 g/mol. The number of halogens is 1. The number of nitrogens with one attached hydrogen (secondary N) is 1. The van der Waals surface area contributed by atoms with Crippen LogP contribution < -0.4 is 10.2 Å². The Morgan fingerprint density at radius 1 is 1.60 bits per heavy atom. The highest BCUT2D eigenvalue weighted by Crippen LogP contribution is 2.32. The topological polar surface area (TPSA) is 72.7 Å². The van der Waals surface area contributed by atoms with Gasteiger partial charge in [-0.2, -0.15) is 5.12 Å². The van der Waals surface area contributed by atoms with E-state index in [1.165, 1.54) is 23.8 Å². The molecular formula is C16H21BrN6OS. The van der Waals surface area contributed by atoms with Gasteiger partial charge in [0.15, 0.2) is 3.95 Å². The Morgan fingerprint density at radius 3 is 2.92 bits per heavy atom. The summed E-state index contributed by atoms with van der Waals surface area (Å²) in [5, 5.41) is 16.8. The molecule has 0 aromatic heterocycles. The average Bonchev–Trinajstić information content (AvgIpc) is 2.96. The molecule has 0 fully saturated rings. The van der Waals surface area contributed by atoms with Gasteiger partial charge in [0.25, 0.3) is 0 Å². The van der Waals surface area contributed by atoms with Gasteiger partial charge < -0.3 is 10.2 Å². The van der Waals surface area contributed by atoms with E-state index in [1.54, 1.807) is 0 Å². The molecule has 0 bridgehead atoms. The van der Waals surface area contributed by atoms with Crippen LogP contribution in [0.25, 0.3) is 0 Å². The summed E-state index contributed by atoms with van der Waals surface area (Å²) in [6, 6.07) is 5.99. The molecule has 1 aliphatic rings. The van der Waals surface area contributed by atoms with E-state index in [1.807, 2.05) is 24.3 Å². The number of anilines is 2. The highest BCUT2D eigenvalue weighted by molar-refractivity contribution is 9.22. The third-order valence-corrected chi connectivity index (χ3v) is 4.85. The minimum atomic E-state index is -0.161. The van der Waals surface area contributed by atoms with E-state index in [4.69, 9.17) is 0 Å². The van der Waals surface area contributed by atoms with Crippen LogP contribution >= 0.6 is 27.7 Å². The van der Waals surface area contributed by atoms with Crippen molar-refractivity contribution >= 4 is 54.6 Å². The predicted octanol–water partition coefficient (Wildman–Crippen LogP) is 4.72. The van der Waals surface area contributed by atoms with E-state index < -0.39 is 0 Å². The molecule has 0 saturated heterocycles. The number of amides is 1. The molecule has 25 heavy (non-hydrogen) atoms. The van der Waals surface area contributed by atoms with E-state index in [2.05, 4.69) is 62.0 Å². The minimum Gasteiger partial charge on any atom is -0.365 e. The second-order valence-corrected chi connectivity index (χ2v) is 7.82. The van der Waals surface area contributed by atoms with Gasteiger partial charge in [-0.3, -0.25) is 4.79 Å². The molecule has 0 aliphatic carbocycles. The van der Waals surface area contributed by atoms with Crippen molar-refractivity contribution in [2.45, 2.75) is 26.8 Å². The van der Waals surface area contributed by atoms with E-state index >= 15 is 0 Å². The molecule has 0 saturated carbocycles. The monoisotopic (exact) mass is 424 g/mol. The summed E-state index contributed by atoms with van der Waals surface area (Å²) in [6.45, 7) is 10.2. The van der Waals surface area contributed by atoms with Crippen LogP contribution in [0.1, 0.15) is 20.8 Å². The smallest absolute Gasteiger partial charge is 0.221 e. The molecule has 1 amide bonds. The summed E-state index contributed by atoms with van der Waals surface area (Å²) in [6.07, 6.45) is 1.85. The summed E-state index contributed by atoms with van der Waals surface area (Å²) in [5.74, 6) is 0.434. The molecule has 134 valence electrons. The zero-order chi connectivity index (χ0) is 18.4. The molecule has 2 rings (SSSR count). The van der Waals surface area contributed by atoms with Crippen molar-refractivity contribution in [1.82, 2.24) is 5.12 Å². The van der Waals surface area contributed by atoms with Crippen LogP contribution in [0.2, 0.25) is 0 Å². The molecule has 0 radical (unpaired) electrons. The fourth-order valence-electron chi connectivity index (χ4n) is 2.24. The van der Waals surface area contributed by atoms with Crippen LogP contribution in [0, 0.1) is 0 Å². The number of benzene rings is 1. The predicted molar refractivity (Wildman–Crippen MR) is 109 cm³/mol. The van der Waals surface area contributed by atoms with Crippen LogP contribution in [-0.4, -0.2) is 33.4 Å². The molecule has 1 aromatic carbocycles. The molecule has 7 nitrogen and oxygen atoms in total. The first-order valence-electron chi connectivity index (χ1n) is 7.76. The lowest BCUT2D eigenvalue weighted by Gasteiger charge is -2.28. The van der Waals surface area contributed by atoms with E-state index in [9.17, 15) is 4.79 Å². The van der Waals surface area contributed by atoms with Crippen molar-refractivity contribution in [3.63, 3.8) is 0 Å². The summed E-state index contributed by atoms with van der Waals surface area (Å²) in [4.78, 5) is 13.7. The number of hydrazone groups is 1. The van der Waals surface area contributed by atoms with Crippen molar-refractivity contribution in [3.05, 3.63) is 30.9 Å². The van der Waals surface area contributed by atoms with Gasteiger partial charge in [0.1, 0.15) is 11.6 Å². The van der Waals surface area contributed by atoms with Crippen LogP contribution in [-0.2, 0) is 4.79 Å². The third-order valence-electron chi connectivity index (χ3n) is 3.32. The van der Waals surface area contributed by atoms with Crippen LogP contribution in [0.3, 0.4) is 0 Å². The maximum absolute atomic E-state index is 11.6. The number of rotatable bonds is 7. The van der Waals surface area contributed by atoms with Crippen molar-refractivity contribution in [2.24, 2.45) is 15.4 Å². The lowest BCUT2D eigenvalue weighted by atomic mass is 10.2. The van der Waals surface area contributed by atoms with E-state index in [0.717, 1.165) is 9.64 Å². The summed E-state index contributed by atoms with van der Waals surface area (Å²) < 4.78 is 0.765. The standard InChI is InChI=1S/C16H21BrN6OS/c1-5-8-22(11(2)3)13-6-7-14(15(9-13)18-12(4)24)19-21-23-10-25-16(17)20-23/h5-7,9,11H,1,8,10H2,2-4H3,(H,18,24). The van der Waals surface area contributed by atoms with Gasteiger partial charge in [-0.15, -0.1) is 16.8 Å². The zero-order valence-corrected chi connectivity index (χ0v) is 16.8. The summed E-state index contributed by atoms with van der Waals surface area (Å²) >= 11 is 4.83. The van der Waals surface area contributed by atoms with Gasteiger partial charge in [0.2, 0.25) is 5.91 Å². The third kappa shape index (κ3) is 5.57. The number of thioether (sulfide) groups is 1. The highest BCUT2D eigenvalue weighted by Gasteiger charge is 2.14. The van der Waals surface area contributed by atoms with Gasteiger partial charge in [-0.25, -0.2) is 0 Å².